The van der Waals surface area contributed by atoms with Gasteiger partial charge in [0.15, 0.2) is 0 Å². The first-order valence-corrected chi connectivity index (χ1v) is 7.91. The number of hydrogen-bond acceptors (Lipinski definition) is 3. The summed E-state index contributed by atoms with van der Waals surface area (Å²) in [5.74, 6) is 0.955. The van der Waals surface area contributed by atoms with Gasteiger partial charge >= 0.3 is 0 Å². The highest BCUT2D eigenvalue weighted by molar-refractivity contribution is 9.10. The Balaban J connectivity index is 2.05. The van der Waals surface area contributed by atoms with Crippen LogP contribution in [0.1, 0.15) is 29.0 Å². The van der Waals surface area contributed by atoms with E-state index in [2.05, 4.69) is 64.7 Å². The van der Waals surface area contributed by atoms with Crippen molar-refractivity contribution in [3.05, 3.63) is 50.1 Å². The number of thiophene rings is 1. The highest BCUT2D eigenvalue weighted by atomic mass is 79.9. The lowest BCUT2D eigenvalue weighted by Gasteiger charge is -2.14. The molecule has 0 aliphatic heterocycles. The minimum absolute atomic E-state index is 0.362. The molecule has 0 saturated heterocycles. The Kier molecular flexibility index (Phi) is 5.02. The summed E-state index contributed by atoms with van der Waals surface area (Å²) in [5, 5.41) is 5.32. The minimum Gasteiger partial charge on any atom is -0.488 e. The number of halogens is 1. The van der Waals surface area contributed by atoms with Crippen molar-refractivity contribution < 1.29 is 4.74 Å². The van der Waals surface area contributed by atoms with Crippen LogP contribution in [0.5, 0.6) is 5.75 Å². The summed E-state index contributed by atoms with van der Waals surface area (Å²) in [5.41, 5.74) is 2.46. The molecule has 0 spiro atoms. The number of nitrogens with one attached hydrogen (secondary N) is 1. The van der Waals surface area contributed by atoms with Crippen LogP contribution in [0.3, 0.4) is 0 Å². The fourth-order valence-corrected chi connectivity index (χ4v) is 3.21. The lowest BCUT2D eigenvalue weighted by atomic mass is 10.1. The van der Waals surface area contributed by atoms with Gasteiger partial charge in [0, 0.05) is 20.8 Å². The van der Waals surface area contributed by atoms with Crippen molar-refractivity contribution in [3.8, 4) is 5.75 Å². The third-order valence-electron chi connectivity index (χ3n) is 3.12. The maximum atomic E-state index is 5.87. The molecule has 0 amide bonds. The van der Waals surface area contributed by atoms with Crippen molar-refractivity contribution in [2.24, 2.45) is 0 Å². The largest absolute Gasteiger partial charge is 0.488 e. The number of benzene rings is 1. The number of hydrogen-bond donors (Lipinski definition) is 1. The average molecular weight is 340 g/mol. The van der Waals surface area contributed by atoms with E-state index in [1.807, 2.05) is 7.05 Å². The third kappa shape index (κ3) is 3.81. The van der Waals surface area contributed by atoms with Crippen LogP contribution >= 0.6 is 27.3 Å². The van der Waals surface area contributed by atoms with Crippen LogP contribution in [0.4, 0.5) is 0 Å². The minimum atomic E-state index is 0.362. The first-order valence-electron chi connectivity index (χ1n) is 6.23. The van der Waals surface area contributed by atoms with Crippen LogP contribution in [-0.4, -0.2) is 7.05 Å². The van der Waals surface area contributed by atoms with Crippen molar-refractivity contribution in [1.29, 1.82) is 0 Å². The first-order chi connectivity index (χ1) is 9.10. The second-order valence-electron chi connectivity index (χ2n) is 4.56. The van der Waals surface area contributed by atoms with Crippen LogP contribution in [0.15, 0.2) is 34.1 Å². The summed E-state index contributed by atoms with van der Waals surface area (Å²) in [6, 6.07) is 8.81. The van der Waals surface area contributed by atoms with Crippen LogP contribution in [0.2, 0.25) is 0 Å². The molecule has 2 aromatic rings. The van der Waals surface area contributed by atoms with Crippen molar-refractivity contribution in [3.63, 3.8) is 0 Å². The van der Waals surface area contributed by atoms with Gasteiger partial charge in [-0.3, -0.25) is 0 Å². The van der Waals surface area contributed by atoms with Gasteiger partial charge in [0.1, 0.15) is 12.4 Å². The molecule has 1 aromatic carbocycles. The Bertz CT molecular complexity index is 553. The lowest BCUT2D eigenvalue weighted by Crippen LogP contribution is -2.12. The summed E-state index contributed by atoms with van der Waals surface area (Å²) >= 11 is 5.16. The number of rotatable bonds is 5. The number of aryl methyl sites for hydroxylation is 1. The second kappa shape index (κ2) is 6.55. The Hall–Kier alpha value is -0.840. The molecular weight excluding hydrogens is 322 g/mol. The van der Waals surface area contributed by atoms with E-state index in [1.165, 1.54) is 16.0 Å². The lowest BCUT2D eigenvalue weighted by molar-refractivity contribution is 0.307. The maximum Gasteiger partial charge on any atom is 0.122 e. The van der Waals surface area contributed by atoms with Crippen molar-refractivity contribution in [1.82, 2.24) is 5.32 Å². The molecule has 1 aromatic heterocycles. The van der Waals surface area contributed by atoms with E-state index in [-0.39, 0.29) is 0 Å². The fraction of sp³-hybridized carbons (Fsp3) is 0.333. The summed E-state index contributed by atoms with van der Waals surface area (Å²) in [4.78, 5) is 1.22. The molecule has 0 fully saturated rings. The molecule has 1 atom stereocenters. The fourth-order valence-electron chi connectivity index (χ4n) is 1.85. The van der Waals surface area contributed by atoms with Gasteiger partial charge in [0.05, 0.1) is 0 Å². The molecule has 0 bridgehead atoms. The van der Waals surface area contributed by atoms with E-state index < -0.39 is 0 Å². The van der Waals surface area contributed by atoms with E-state index in [1.54, 1.807) is 11.3 Å². The smallest absolute Gasteiger partial charge is 0.122 e. The van der Waals surface area contributed by atoms with Gasteiger partial charge in [0.25, 0.3) is 0 Å². The van der Waals surface area contributed by atoms with E-state index in [0.29, 0.717) is 12.6 Å². The quantitative estimate of drug-likeness (QED) is 0.853. The molecule has 1 heterocycles. The monoisotopic (exact) mass is 339 g/mol. The average Bonchev–Trinajstić information content (AvgIpc) is 2.82. The first kappa shape index (κ1) is 14.6. The predicted octanol–water partition coefficient (Wildman–Crippen LogP) is 4.68. The summed E-state index contributed by atoms with van der Waals surface area (Å²) < 4.78 is 6.99. The second-order valence-corrected chi connectivity index (χ2v) is 6.47. The maximum absolute atomic E-state index is 5.87. The van der Waals surface area contributed by atoms with Crippen LogP contribution in [0.25, 0.3) is 0 Å². The van der Waals surface area contributed by atoms with E-state index >= 15 is 0 Å². The van der Waals surface area contributed by atoms with Crippen molar-refractivity contribution in [2.75, 3.05) is 7.05 Å². The Labute approximate surface area is 126 Å². The molecule has 4 heteroatoms. The van der Waals surface area contributed by atoms with Crippen LogP contribution in [-0.2, 0) is 6.61 Å². The van der Waals surface area contributed by atoms with Gasteiger partial charge in [-0.1, -0.05) is 12.1 Å². The molecule has 19 heavy (non-hydrogen) atoms. The highest BCUT2D eigenvalue weighted by Crippen LogP contribution is 2.25. The van der Waals surface area contributed by atoms with Crippen molar-refractivity contribution >= 4 is 27.3 Å². The highest BCUT2D eigenvalue weighted by Gasteiger charge is 2.07. The molecule has 0 aliphatic carbocycles. The van der Waals surface area contributed by atoms with Gasteiger partial charge < -0.3 is 10.1 Å². The summed E-state index contributed by atoms with van der Waals surface area (Å²) in [6.45, 7) is 4.86. The van der Waals surface area contributed by atoms with Crippen LogP contribution < -0.4 is 10.1 Å². The molecule has 2 nitrogen and oxygen atoms in total. The molecule has 1 N–H and O–H groups in total. The molecule has 0 saturated carbocycles. The summed E-state index contributed by atoms with van der Waals surface area (Å²) in [7, 11) is 1.97. The topological polar surface area (TPSA) is 21.3 Å². The van der Waals surface area contributed by atoms with E-state index in [0.717, 1.165) is 10.2 Å². The van der Waals surface area contributed by atoms with Crippen molar-refractivity contribution in [2.45, 2.75) is 26.5 Å². The van der Waals surface area contributed by atoms with Gasteiger partial charge in [-0.05, 0) is 60.1 Å². The zero-order chi connectivity index (χ0) is 13.8. The van der Waals surface area contributed by atoms with Crippen LogP contribution in [0, 0.1) is 6.92 Å². The third-order valence-corrected chi connectivity index (χ3v) is 4.79. The Morgan fingerprint density at radius 1 is 1.37 bits per heavy atom. The van der Waals surface area contributed by atoms with Gasteiger partial charge in [0.2, 0.25) is 0 Å². The molecule has 2 rings (SSSR count). The zero-order valence-corrected chi connectivity index (χ0v) is 13.8. The molecule has 1 unspecified atom stereocenters. The van der Waals surface area contributed by atoms with E-state index in [4.69, 9.17) is 4.74 Å². The summed E-state index contributed by atoms with van der Waals surface area (Å²) in [6.07, 6.45) is 0. The molecular formula is C15H18BrNOS. The normalized spacial score (nSPS) is 12.4. The Morgan fingerprint density at radius 3 is 2.74 bits per heavy atom. The Morgan fingerprint density at radius 2 is 2.16 bits per heavy atom. The predicted molar refractivity (Wildman–Crippen MR) is 85.0 cm³/mol. The standard InChI is InChI=1S/C15H18BrNOS/c1-10-6-12(11(2)17-3)4-5-15(10)18-8-14-7-13(16)9-19-14/h4-7,9,11,17H,8H2,1-3H3. The van der Waals surface area contributed by atoms with Gasteiger partial charge in [-0.15, -0.1) is 11.3 Å². The SMILES string of the molecule is CNC(C)c1ccc(OCc2cc(Br)cs2)c(C)c1. The zero-order valence-electron chi connectivity index (χ0n) is 11.4. The van der Waals surface area contributed by atoms with Gasteiger partial charge in [-0.2, -0.15) is 0 Å². The van der Waals surface area contributed by atoms with E-state index in [9.17, 15) is 0 Å². The molecule has 0 radical (unpaired) electrons. The molecule has 0 aliphatic rings. The van der Waals surface area contributed by atoms with Gasteiger partial charge in [-0.25, -0.2) is 0 Å². The molecule has 102 valence electrons. The number of ether oxygens (including phenoxy) is 1.